The minimum Gasteiger partial charge on any atom is -0.467 e. The van der Waals surface area contributed by atoms with E-state index in [2.05, 4.69) is 5.32 Å². The van der Waals surface area contributed by atoms with Crippen LogP contribution >= 0.6 is 11.6 Å². The summed E-state index contributed by atoms with van der Waals surface area (Å²) in [4.78, 5) is 0. The normalized spacial score (nSPS) is 12.5. The molecule has 2 aromatic rings. The number of halogens is 1. The summed E-state index contributed by atoms with van der Waals surface area (Å²) in [7, 11) is 0. The Morgan fingerprint density at radius 2 is 2.05 bits per heavy atom. The van der Waals surface area contributed by atoms with E-state index in [1.165, 1.54) is 5.56 Å². The third-order valence-electron chi connectivity index (χ3n) is 3.12. The van der Waals surface area contributed by atoms with Crippen molar-refractivity contribution in [2.75, 3.05) is 19.7 Å². The molecule has 0 bridgehead atoms. The summed E-state index contributed by atoms with van der Waals surface area (Å²) in [6, 6.07) is 11.5. The fourth-order valence-corrected chi connectivity index (χ4v) is 2.11. The van der Waals surface area contributed by atoms with Gasteiger partial charge in [-0.05, 0) is 29.8 Å². The van der Waals surface area contributed by atoms with Gasteiger partial charge in [-0.15, -0.1) is 0 Å². The van der Waals surface area contributed by atoms with Crippen molar-refractivity contribution in [2.24, 2.45) is 0 Å². The van der Waals surface area contributed by atoms with Crippen molar-refractivity contribution in [1.82, 2.24) is 0 Å². The molecule has 114 valence electrons. The Hall–Kier alpha value is -1.33. The molecule has 1 aromatic heterocycles. The lowest BCUT2D eigenvalue weighted by Crippen LogP contribution is -2.87. The van der Waals surface area contributed by atoms with Crippen LogP contribution in [-0.4, -0.2) is 30.9 Å². The summed E-state index contributed by atoms with van der Waals surface area (Å²) in [5, 5.41) is 12.7. The molecular formula is C16H21ClNO3+. The van der Waals surface area contributed by atoms with E-state index in [0.717, 1.165) is 23.7 Å². The number of ether oxygens (including phenoxy) is 1. The number of quaternary nitrogens is 1. The molecule has 0 fully saturated rings. The van der Waals surface area contributed by atoms with Crippen molar-refractivity contribution in [3.63, 3.8) is 0 Å². The van der Waals surface area contributed by atoms with Crippen LogP contribution in [0.5, 0.6) is 0 Å². The van der Waals surface area contributed by atoms with Crippen LogP contribution in [0.25, 0.3) is 0 Å². The lowest BCUT2D eigenvalue weighted by Gasteiger charge is -2.09. The lowest BCUT2D eigenvalue weighted by atomic mass is 10.1. The van der Waals surface area contributed by atoms with E-state index in [0.29, 0.717) is 19.8 Å². The van der Waals surface area contributed by atoms with Gasteiger partial charge in [-0.2, -0.15) is 0 Å². The summed E-state index contributed by atoms with van der Waals surface area (Å²) >= 11 is 5.84. The van der Waals surface area contributed by atoms with Gasteiger partial charge in [0.2, 0.25) is 0 Å². The van der Waals surface area contributed by atoms with E-state index in [4.69, 9.17) is 20.8 Å². The molecule has 0 saturated heterocycles. The predicted molar refractivity (Wildman–Crippen MR) is 81.2 cm³/mol. The number of rotatable bonds is 9. The molecule has 1 heterocycles. The van der Waals surface area contributed by atoms with Crippen LogP contribution in [0.4, 0.5) is 0 Å². The van der Waals surface area contributed by atoms with Gasteiger partial charge in [0.15, 0.2) is 0 Å². The number of aliphatic hydroxyl groups is 1. The summed E-state index contributed by atoms with van der Waals surface area (Å²) in [5.41, 5.74) is 1.25. The van der Waals surface area contributed by atoms with E-state index in [1.54, 1.807) is 6.26 Å². The standard InChI is InChI=1S/C16H20ClNO3/c17-14-5-3-13(4-6-14)7-8-18-10-15(19)11-20-12-16-2-1-9-21-16/h1-6,9,15,18-19H,7-8,10-12H2/p+1/t15-/m1/s1. The molecular weight excluding hydrogens is 290 g/mol. The minimum absolute atomic E-state index is 0.318. The van der Waals surface area contributed by atoms with Gasteiger partial charge < -0.3 is 19.6 Å². The molecule has 5 heteroatoms. The highest BCUT2D eigenvalue weighted by Crippen LogP contribution is 2.09. The van der Waals surface area contributed by atoms with Gasteiger partial charge >= 0.3 is 0 Å². The highest BCUT2D eigenvalue weighted by atomic mass is 35.5. The largest absolute Gasteiger partial charge is 0.467 e. The number of nitrogens with two attached hydrogens (primary N) is 1. The molecule has 0 radical (unpaired) electrons. The quantitative estimate of drug-likeness (QED) is 0.692. The first kappa shape index (κ1) is 16.0. The monoisotopic (exact) mass is 310 g/mol. The molecule has 0 spiro atoms. The van der Waals surface area contributed by atoms with E-state index in [1.807, 2.05) is 36.4 Å². The molecule has 0 amide bonds. The van der Waals surface area contributed by atoms with Gasteiger partial charge in [0.1, 0.15) is 25.0 Å². The first-order valence-corrected chi connectivity index (χ1v) is 7.46. The zero-order valence-electron chi connectivity index (χ0n) is 11.9. The zero-order valence-corrected chi connectivity index (χ0v) is 12.6. The molecule has 0 saturated carbocycles. The van der Waals surface area contributed by atoms with E-state index >= 15 is 0 Å². The predicted octanol–water partition coefficient (Wildman–Crippen LogP) is 1.62. The smallest absolute Gasteiger partial charge is 0.129 e. The molecule has 0 aliphatic heterocycles. The molecule has 21 heavy (non-hydrogen) atoms. The van der Waals surface area contributed by atoms with Gasteiger partial charge in [-0.1, -0.05) is 23.7 Å². The lowest BCUT2D eigenvalue weighted by molar-refractivity contribution is -0.660. The number of hydrogen-bond donors (Lipinski definition) is 2. The summed E-state index contributed by atoms with van der Waals surface area (Å²) in [5.74, 6) is 0.772. The van der Waals surface area contributed by atoms with Crippen LogP contribution in [0, 0.1) is 0 Å². The number of benzene rings is 1. The zero-order chi connectivity index (χ0) is 14.9. The Bertz CT molecular complexity index is 499. The van der Waals surface area contributed by atoms with Crippen LogP contribution in [-0.2, 0) is 17.8 Å². The van der Waals surface area contributed by atoms with Crippen molar-refractivity contribution in [3.05, 3.63) is 59.0 Å². The first-order chi connectivity index (χ1) is 10.2. The van der Waals surface area contributed by atoms with E-state index in [-0.39, 0.29) is 0 Å². The van der Waals surface area contributed by atoms with Gasteiger partial charge in [0, 0.05) is 11.4 Å². The van der Waals surface area contributed by atoms with Crippen molar-refractivity contribution < 1.29 is 19.6 Å². The first-order valence-electron chi connectivity index (χ1n) is 7.08. The summed E-state index contributed by atoms with van der Waals surface area (Å²) in [6.07, 6.45) is 2.10. The number of aliphatic hydroxyl groups excluding tert-OH is 1. The maximum atomic E-state index is 9.81. The Morgan fingerprint density at radius 3 is 2.76 bits per heavy atom. The average Bonchev–Trinajstić information content (AvgIpc) is 2.99. The van der Waals surface area contributed by atoms with Crippen LogP contribution in [0.2, 0.25) is 5.02 Å². The highest BCUT2D eigenvalue weighted by Gasteiger charge is 2.07. The van der Waals surface area contributed by atoms with Gasteiger partial charge in [-0.3, -0.25) is 0 Å². The third-order valence-corrected chi connectivity index (χ3v) is 3.38. The van der Waals surface area contributed by atoms with Crippen molar-refractivity contribution in [3.8, 4) is 0 Å². The van der Waals surface area contributed by atoms with Crippen molar-refractivity contribution in [1.29, 1.82) is 0 Å². The molecule has 1 aromatic carbocycles. The Balaban J connectivity index is 1.52. The maximum Gasteiger partial charge on any atom is 0.129 e. The highest BCUT2D eigenvalue weighted by molar-refractivity contribution is 6.30. The van der Waals surface area contributed by atoms with Gasteiger partial charge in [0.25, 0.3) is 0 Å². The Kier molecular flexibility index (Phi) is 6.76. The average molecular weight is 311 g/mol. The second-order valence-electron chi connectivity index (χ2n) is 4.94. The number of hydrogen-bond acceptors (Lipinski definition) is 3. The maximum absolute atomic E-state index is 9.81. The molecule has 0 aliphatic rings. The second-order valence-corrected chi connectivity index (χ2v) is 5.37. The van der Waals surface area contributed by atoms with Crippen LogP contribution in [0.1, 0.15) is 11.3 Å². The summed E-state index contributed by atoms with van der Waals surface area (Å²) in [6.45, 7) is 2.27. The van der Waals surface area contributed by atoms with Gasteiger partial charge in [-0.25, -0.2) is 0 Å². The van der Waals surface area contributed by atoms with E-state index < -0.39 is 6.10 Å². The fourth-order valence-electron chi connectivity index (χ4n) is 1.99. The molecule has 4 nitrogen and oxygen atoms in total. The topological polar surface area (TPSA) is 59.2 Å². The van der Waals surface area contributed by atoms with Crippen LogP contribution < -0.4 is 5.32 Å². The minimum atomic E-state index is -0.467. The van der Waals surface area contributed by atoms with Crippen molar-refractivity contribution >= 4 is 11.6 Å². The molecule has 0 unspecified atom stereocenters. The van der Waals surface area contributed by atoms with E-state index in [9.17, 15) is 5.11 Å². The molecule has 1 atom stereocenters. The summed E-state index contributed by atoms with van der Waals surface area (Å²) < 4.78 is 10.5. The fraction of sp³-hybridized carbons (Fsp3) is 0.375. The van der Waals surface area contributed by atoms with Crippen LogP contribution in [0.15, 0.2) is 47.1 Å². The van der Waals surface area contributed by atoms with Crippen LogP contribution in [0.3, 0.4) is 0 Å². The van der Waals surface area contributed by atoms with Gasteiger partial charge in [0.05, 0.1) is 19.4 Å². The number of furan rings is 1. The molecule has 0 aliphatic carbocycles. The SMILES string of the molecule is O[C@H](C[NH2+]CCc1ccc(Cl)cc1)COCc1ccco1. The second kappa shape index (κ2) is 8.85. The Labute approximate surface area is 129 Å². The van der Waals surface area contributed by atoms with Crippen molar-refractivity contribution in [2.45, 2.75) is 19.1 Å². The third kappa shape index (κ3) is 6.31. The molecule has 3 N–H and O–H groups in total. The molecule has 2 rings (SSSR count). The Morgan fingerprint density at radius 1 is 1.24 bits per heavy atom.